The van der Waals surface area contributed by atoms with Gasteiger partial charge in [0, 0.05) is 6.54 Å². The summed E-state index contributed by atoms with van der Waals surface area (Å²) in [5.41, 5.74) is 0. The monoisotopic (exact) mass is 495 g/mol. The number of aliphatic hydroxyl groups excluding tert-OH is 1. The summed E-state index contributed by atoms with van der Waals surface area (Å²) in [6.45, 7) is 10.3. The lowest BCUT2D eigenvalue weighted by molar-refractivity contribution is 0.192. The van der Waals surface area contributed by atoms with E-state index in [1.165, 1.54) is 96.3 Å². The Morgan fingerprint density at radius 3 is 1.27 bits per heavy atom. The van der Waals surface area contributed by atoms with Crippen LogP contribution in [0, 0.1) is 0 Å². The average molecular weight is 496 g/mol. The molecule has 0 rings (SSSR count). The van der Waals surface area contributed by atoms with E-state index in [-0.39, 0.29) is 6.61 Å². The topological polar surface area (TPSA) is 90.2 Å². The molecule has 0 aromatic heterocycles. The van der Waals surface area contributed by atoms with Gasteiger partial charge in [0.1, 0.15) is 0 Å². The first-order valence-electron chi connectivity index (χ1n) is 13.9. The van der Waals surface area contributed by atoms with Crippen molar-refractivity contribution in [3.8, 4) is 0 Å². The van der Waals surface area contributed by atoms with Gasteiger partial charge in [-0.1, -0.05) is 117 Å². The molecule has 0 heterocycles. The smallest absolute Gasteiger partial charge is 0.395 e. The van der Waals surface area contributed by atoms with Gasteiger partial charge in [-0.15, -0.1) is 0 Å². The molecule has 0 amide bonds. The van der Waals surface area contributed by atoms with Crippen LogP contribution in [-0.4, -0.2) is 52.6 Å². The third-order valence-electron chi connectivity index (χ3n) is 5.83. The molecule has 0 spiro atoms. The van der Waals surface area contributed by atoms with E-state index >= 15 is 0 Å². The van der Waals surface area contributed by atoms with Crippen LogP contribution in [0.2, 0.25) is 0 Å². The summed E-state index contributed by atoms with van der Waals surface area (Å²) in [5.74, 6) is 0. The minimum atomic E-state index is -4.25. The molecule has 7 heteroatoms. The Balaban J connectivity index is 0. The molecule has 0 aromatic carbocycles. The summed E-state index contributed by atoms with van der Waals surface area (Å²) < 4.78 is 14.8. The van der Waals surface area contributed by atoms with Gasteiger partial charge in [-0.2, -0.15) is 0 Å². The van der Waals surface area contributed by atoms with Crippen molar-refractivity contribution in [3.63, 3.8) is 0 Å². The normalized spacial score (nSPS) is 11.6. The zero-order valence-electron chi connectivity index (χ0n) is 22.3. The number of nitrogens with zero attached hydrogens (tertiary/aromatic N) is 1. The summed E-state index contributed by atoms with van der Waals surface area (Å²) >= 11 is 0. The Labute approximate surface area is 206 Å². The SMILES string of the molecule is CCCCCCCCCCCCCCCCOP(=O)(O)O.CCCCN(CCO)CCCC. The van der Waals surface area contributed by atoms with Crippen LogP contribution < -0.4 is 0 Å². The molecule has 6 nitrogen and oxygen atoms in total. The van der Waals surface area contributed by atoms with Crippen molar-refractivity contribution in [1.82, 2.24) is 4.90 Å². The first-order valence-corrected chi connectivity index (χ1v) is 15.5. The number of hydrogen-bond acceptors (Lipinski definition) is 4. The van der Waals surface area contributed by atoms with E-state index in [0.717, 1.165) is 38.9 Å². The van der Waals surface area contributed by atoms with Gasteiger partial charge in [0.2, 0.25) is 0 Å². The van der Waals surface area contributed by atoms with E-state index in [4.69, 9.17) is 14.9 Å². The second-order valence-corrected chi connectivity index (χ2v) is 10.4. The van der Waals surface area contributed by atoms with Crippen LogP contribution in [0.3, 0.4) is 0 Å². The molecule has 0 aliphatic heterocycles. The molecule has 0 saturated heterocycles. The van der Waals surface area contributed by atoms with Gasteiger partial charge >= 0.3 is 7.82 Å². The van der Waals surface area contributed by atoms with Crippen LogP contribution in [0.25, 0.3) is 0 Å². The van der Waals surface area contributed by atoms with Gasteiger partial charge in [0.15, 0.2) is 0 Å². The highest BCUT2D eigenvalue weighted by molar-refractivity contribution is 7.46. The van der Waals surface area contributed by atoms with Gasteiger partial charge in [-0.25, -0.2) is 4.57 Å². The third kappa shape index (κ3) is 34.3. The van der Waals surface area contributed by atoms with Crippen LogP contribution in [0.5, 0.6) is 0 Å². The predicted molar refractivity (Wildman–Crippen MR) is 142 cm³/mol. The molecule has 0 bridgehead atoms. The first kappa shape index (κ1) is 35.2. The molecule has 202 valence electrons. The Morgan fingerprint density at radius 2 is 0.939 bits per heavy atom. The van der Waals surface area contributed by atoms with Gasteiger partial charge in [-0.3, -0.25) is 4.52 Å². The molecule has 33 heavy (non-hydrogen) atoms. The van der Waals surface area contributed by atoms with Crippen LogP contribution in [0.15, 0.2) is 0 Å². The summed E-state index contributed by atoms with van der Waals surface area (Å²) in [5, 5.41) is 8.79. The molecule has 0 atom stereocenters. The molecule has 0 unspecified atom stereocenters. The van der Waals surface area contributed by atoms with Crippen molar-refractivity contribution in [3.05, 3.63) is 0 Å². The van der Waals surface area contributed by atoms with E-state index in [9.17, 15) is 4.57 Å². The molecule has 0 aliphatic rings. The fourth-order valence-corrected chi connectivity index (χ4v) is 4.09. The number of phosphoric acid groups is 1. The Bertz CT molecular complexity index is 398. The van der Waals surface area contributed by atoms with Gasteiger partial charge in [-0.05, 0) is 32.4 Å². The van der Waals surface area contributed by atoms with Crippen molar-refractivity contribution in [2.75, 3.05) is 32.8 Å². The van der Waals surface area contributed by atoms with E-state index in [2.05, 4.69) is 30.2 Å². The van der Waals surface area contributed by atoms with Crippen LogP contribution in [0.4, 0.5) is 0 Å². The maximum Gasteiger partial charge on any atom is 0.469 e. The highest BCUT2D eigenvalue weighted by atomic mass is 31.2. The predicted octanol–water partition coefficient (Wildman–Crippen LogP) is 7.46. The van der Waals surface area contributed by atoms with Crippen LogP contribution in [0.1, 0.15) is 136 Å². The van der Waals surface area contributed by atoms with Crippen molar-refractivity contribution >= 4 is 7.82 Å². The Kier molecular flexibility index (Phi) is 30.1. The zero-order chi connectivity index (χ0) is 25.0. The van der Waals surface area contributed by atoms with E-state index in [1.54, 1.807) is 0 Å². The highest BCUT2D eigenvalue weighted by Gasteiger charge is 2.12. The zero-order valence-corrected chi connectivity index (χ0v) is 23.2. The summed E-state index contributed by atoms with van der Waals surface area (Å²) in [4.78, 5) is 19.4. The fourth-order valence-electron chi connectivity index (χ4n) is 3.72. The summed E-state index contributed by atoms with van der Waals surface area (Å²) in [6, 6.07) is 0. The van der Waals surface area contributed by atoms with Crippen molar-refractivity contribution < 1.29 is 24.0 Å². The van der Waals surface area contributed by atoms with Crippen LogP contribution >= 0.6 is 7.82 Å². The minimum Gasteiger partial charge on any atom is -0.395 e. The summed E-state index contributed by atoms with van der Waals surface area (Å²) in [6.07, 6.45) is 22.8. The number of rotatable bonds is 24. The number of phosphoric ester groups is 1. The molecule has 0 saturated carbocycles. The second-order valence-electron chi connectivity index (χ2n) is 9.19. The number of unbranched alkanes of at least 4 members (excludes halogenated alkanes) is 15. The maximum absolute atomic E-state index is 10.4. The van der Waals surface area contributed by atoms with Gasteiger partial charge in [0.25, 0.3) is 0 Å². The molecule has 0 fully saturated rings. The fraction of sp³-hybridized carbons (Fsp3) is 1.00. The maximum atomic E-state index is 10.4. The van der Waals surface area contributed by atoms with Gasteiger partial charge in [0.05, 0.1) is 13.2 Å². The van der Waals surface area contributed by atoms with Crippen LogP contribution in [-0.2, 0) is 9.09 Å². The third-order valence-corrected chi connectivity index (χ3v) is 6.35. The minimum absolute atomic E-state index is 0.169. The van der Waals surface area contributed by atoms with E-state index in [1.807, 2.05) is 0 Å². The largest absolute Gasteiger partial charge is 0.469 e. The van der Waals surface area contributed by atoms with E-state index in [0.29, 0.717) is 6.61 Å². The van der Waals surface area contributed by atoms with Crippen molar-refractivity contribution in [2.24, 2.45) is 0 Å². The molecule has 0 aromatic rings. The average Bonchev–Trinajstić information content (AvgIpc) is 2.78. The number of hydrogen-bond donors (Lipinski definition) is 3. The first-order chi connectivity index (χ1) is 15.9. The van der Waals surface area contributed by atoms with Crippen molar-refractivity contribution in [1.29, 1.82) is 0 Å². The summed E-state index contributed by atoms with van der Waals surface area (Å²) in [7, 11) is -4.25. The van der Waals surface area contributed by atoms with E-state index < -0.39 is 7.82 Å². The molecular formula is C26H58NO5P. The highest BCUT2D eigenvalue weighted by Crippen LogP contribution is 2.35. The molecular weight excluding hydrogens is 437 g/mol. The lowest BCUT2D eigenvalue weighted by atomic mass is 10.0. The molecule has 3 N–H and O–H groups in total. The lowest BCUT2D eigenvalue weighted by Gasteiger charge is -2.20. The Hall–Kier alpha value is 0.0300. The quantitative estimate of drug-likeness (QED) is 0.0951. The number of aliphatic hydroxyl groups is 1. The second kappa shape index (κ2) is 28.3. The Morgan fingerprint density at radius 1 is 0.576 bits per heavy atom. The standard InChI is InChI=1S/C16H35O4P.C10H23NO/c1-2-3-4-5-6-7-8-9-10-11-12-13-14-15-16-20-21(17,18)19;1-3-5-7-11(9-10-12)8-6-4-2/h2-16H2,1H3,(H2,17,18,19);12H,3-10H2,1-2H3. The lowest BCUT2D eigenvalue weighted by Crippen LogP contribution is -2.28. The van der Waals surface area contributed by atoms with Crippen molar-refractivity contribution in [2.45, 2.75) is 136 Å². The van der Waals surface area contributed by atoms with Gasteiger partial charge < -0.3 is 19.8 Å². The molecule has 0 radical (unpaired) electrons. The molecule has 0 aliphatic carbocycles.